The normalized spacial score (nSPS) is 11.9. The number of rotatable bonds is 5. The van der Waals surface area contributed by atoms with Crippen LogP contribution in [0.5, 0.6) is 0 Å². The van der Waals surface area contributed by atoms with Crippen LogP contribution in [0, 0.1) is 0 Å². The molecule has 0 spiro atoms. The zero-order valence-electron chi connectivity index (χ0n) is 12.2. The average molecular weight is 298 g/mol. The van der Waals surface area contributed by atoms with Crippen LogP contribution in [-0.2, 0) is 4.79 Å². The van der Waals surface area contributed by atoms with Crippen LogP contribution in [0.2, 0.25) is 0 Å². The standard InChI is InChI=1S/C18H18O2S/c1-13(12-17(19)20)18(14-6-4-3-5-7-14)15-8-10-16(21-2)11-9-15/h3-11H,12H2,1-2H3,(H,19,20)/b18-13-. The van der Waals surface area contributed by atoms with Crippen molar-refractivity contribution >= 4 is 23.3 Å². The Hall–Kier alpha value is -2.00. The molecule has 0 bridgehead atoms. The lowest BCUT2D eigenvalue weighted by atomic mass is 9.92. The fourth-order valence-electron chi connectivity index (χ4n) is 2.34. The Balaban J connectivity index is 2.52. The number of carbonyl (C=O) groups is 1. The Morgan fingerprint density at radius 2 is 1.57 bits per heavy atom. The van der Waals surface area contributed by atoms with E-state index in [4.69, 9.17) is 5.11 Å². The molecule has 2 aromatic rings. The molecule has 1 N–H and O–H groups in total. The molecule has 0 amide bonds. The molecule has 0 atom stereocenters. The van der Waals surface area contributed by atoms with Crippen LogP contribution in [-0.4, -0.2) is 17.3 Å². The smallest absolute Gasteiger partial charge is 0.307 e. The van der Waals surface area contributed by atoms with Crippen molar-refractivity contribution in [3.8, 4) is 0 Å². The minimum absolute atomic E-state index is 0.0501. The highest BCUT2D eigenvalue weighted by Crippen LogP contribution is 2.29. The van der Waals surface area contributed by atoms with Gasteiger partial charge in [0, 0.05) is 4.90 Å². The largest absolute Gasteiger partial charge is 0.481 e. The van der Waals surface area contributed by atoms with E-state index in [1.165, 1.54) is 4.90 Å². The van der Waals surface area contributed by atoms with Crippen molar-refractivity contribution in [3.63, 3.8) is 0 Å². The Kier molecular flexibility index (Phi) is 5.23. The molecule has 0 saturated heterocycles. The maximum atomic E-state index is 11.0. The lowest BCUT2D eigenvalue weighted by Crippen LogP contribution is -1.99. The number of thioether (sulfide) groups is 1. The third-order valence-corrected chi connectivity index (χ3v) is 4.03. The van der Waals surface area contributed by atoms with E-state index in [0.717, 1.165) is 22.3 Å². The van der Waals surface area contributed by atoms with E-state index in [0.29, 0.717) is 0 Å². The van der Waals surface area contributed by atoms with Gasteiger partial charge in [0.15, 0.2) is 0 Å². The Labute approximate surface area is 129 Å². The summed E-state index contributed by atoms with van der Waals surface area (Å²) < 4.78 is 0. The first kappa shape index (κ1) is 15.4. The molecule has 0 aliphatic heterocycles. The third kappa shape index (κ3) is 3.99. The van der Waals surface area contributed by atoms with Crippen molar-refractivity contribution in [3.05, 3.63) is 71.3 Å². The second-order valence-corrected chi connectivity index (χ2v) is 5.70. The summed E-state index contributed by atoms with van der Waals surface area (Å²) in [5.41, 5.74) is 3.97. The second kappa shape index (κ2) is 7.14. The molecule has 3 heteroatoms. The Morgan fingerprint density at radius 1 is 1.00 bits per heavy atom. The summed E-state index contributed by atoms with van der Waals surface area (Å²) in [6, 6.07) is 18.2. The van der Waals surface area contributed by atoms with Crippen LogP contribution < -0.4 is 0 Å². The predicted octanol–water partition coefficient (Wildman–Crippen LogP) is 4.71. The highest BCUT2D eigenvalue weighted by Gasteiger charge is 2.11. The summed E-state index contributed by atoms with van der Waals surface area (Å²) in [6.07, 6.45) is 2.09. The van der Waals surface area contributed by atoms with Gasteiger partial charge in [-0.25, -0.2) is 0 Å². The van der Waals surface area contributed by atoms with Gasteiger partial charge in [0.25, 0.3) is 0 Å². The fraction of sp³-hybridized carbons (Fsp3) is 0.167. The van der Waals surface area contributed by atoms with Crippen LogP contribution in [0.15, 0.2) is 65.1 Å². The first-order valence-corrected chi connectivity index (χ1v) is 7.95. The van der Waals surface area contributed by atoms with Crippen molar-refractivity contribution in [1.82, 2.24) is 0 Å². The average Bonchev–Trinajstić information content (AvgIpc) is 2.48. The van der Waals surface area contributed by atoms with E-state index < -0.39 is 5.97 Å². The second-order valence-electron chi connectivity index (χ2n) is 4.82. The van der Waals surface area contributed by atoms with Crippen molar-refractivity contribution in [2.45, 2.75) is 18.2 Å². The fourth-order valence-corrected chi connectivity index (χ4v) is 2.75. The summed E-state index contributed by atoms with van der Waals surface area (Å²) in [5, 5.41) is 9.07. The molecule has 0 saturated carbocycles. The van der Waals surface area contributed by atoms with Gasteiger partial charge in [-0.15, -0.1) is 11.8 Å². The Bertz CT molecular complexity index is 643. The molecule has 0 aromatic heterocycles. The molecular formula is C18H18O2S. The first-order valence-electron chi connectivity index (χ1n) is 6.73. The molecule has 2 nitrogen and oxygen atoms in total. The van der Waals surface area contributed by atoms with Gasteiger partial charge in [0.05, 0.1) is 6.42 Å². The van der Waals surface area contributed by atoms with Gasteiger partial charge in [-0.3, -0.25) is 4.79 Å². The third-order valence-electron chi connectivity index (χ3n) is 3.28. The van der Waals surface area contributed by atoms with Gasteiger partial charge in [0.2, 0.25) is 0 Å². The number of hydrogen-bond acceptors (Lipinski definition) is 2. The molecule has 0 unspecified atom stereocenters. The quantitative estimate of drug-likeness (QED) is 0.813. The van der Waals surface area contributed by atoms with Gasteiger partial charge >= 0.3 is 5.97 Å². The van der Waals surface area contributed by atoms with Crippen molar-refractivity contribution < 1.29 is 9.90 Å². The van der Waals surface area contributed by atoms with Gasteiger partial charge in [0.1, 0.15) is 0 Å². The van der Waals surface area contributed by atoms with Crippen LogP contribution in [0.3, 0.4) is 0 Å². The van der Waals surface area contributed by atoms with Crippen LogP contribution >= 0.6 is 11.8 Å². The van der Waals surface area contributed by atoms with Gasteiger partial charge in [-0.2, -0.15) is 0 Å². The minimum Gasteiger partial charge on any atom is -0.481 e. The predicted molar refractivity (Wildman–Crippen MR) is 88.6 cm³/mol. The molecule has 21 heavy (non-hydrogen) atoms. The molecule has 0 radical (unpaired) electrons. The van der Waals surface area contributed by atoms with Crippen LogP contribution in [0.1, 0.15) is 24.5 Å². The van der Waals surface area contributed by atoms with Crippen molar-refractivity contribution in [1.29, 1.82) is 0 Å². The number of aliphatic carboxylic acids is 1. The highest BCUT2D eigenvalue weighted by molar-refractivity contribution is 7.98. The van der Waals surface area contributed by atoms with Crippen molar-refractivity contribution in [2.24, 2.45) is 0 Å². The van der Waals surface area contributed by atoms with E-state index in [-0.39, 0.29) is 6.42 Å². The molecule has 2 rings (SSSR count). The summed E-state index contributed by atoms with van der Waals surface area (Å²) in [5.74, 6) is -0.804. The molecule has 0 aliphatic carbocycles. The maximum Gasteiger partial charge on any atom is 0.307 e. The number of carboxylic acids is 1. The molecule has 2 aromatic carbocycles. The molecule has 108 valence electrons. The van der Waals surface area contributed by atoms with Crippen LogP contribution in [0.4, 0.5) is 0 Å². The van der Waals surface area contributed by atoms with Gasteiger partial charge < -0.3 is 5.11 Å². The van der Waals surface area contributed by atoms with E-state index in [1.807, 2.05) is 43.5 Å². The summed E-state index contributed by atoms with van der Waals surface area (Å²) in [6.45, 7) is 1.89. The summed E-state index contributed by atoms with van der Waals surface area (Å²) in [4.78, 5) is 12.2. The van der Waals surface area contributed by atoms with Gasteiger partial charge in [-0.1, -0.05) is 48.0 Å². The summed E-state index contributed by atoms with van der Waals surface area (Å²) in [7, 11) is 0. The molecular weight excluding hydrogens is 280 g/mol. The first-order chi connectivity index (χ1) is 10.1. The number of carboxylic acid groups (broad SMARTS) is 1. The van der Waals surface area contributed by atoms with Crippen molar-refractivity contribution in [2.75, 3.05) is 6.26 Å². The molecule has 0 heterocycles. The number of benzene rings is 2. The summed E-state index contributed by atoms with van der Waals surface area (Å²) >= 11 is 1.69. The lowest BCUT2D eigenvalue weighted by Gasteiger charge is -2.13. The monoisotopic (exact) mass is 298 g/mol. The lowest BCUT2D eigenvalue weighted by molar-refractivity contribution is -0.136. The van der Waals surface area contributed by atoms with Crippen LogP contribution in [0.25, 0.3) is 5.57 Å². The van der Waals surface area contributed by atoms with E-state index >= 15 is 0 Å². The molecule has 0 fully saturated rings. The van der Waals surface area contributed by atoms with E-state index in [9.17, 15) is 4.79 Å². The maximum absolute atomic E-state index is 11.0. The topological polar surface area (TPSA) is 37.3 Å². The highest BCUT2D eigenvalue weighted by atomic mass is 32.2. The zero-order chi connectivity index (χ0) is 15.2. The SMILES string of the molecule is CSc1ccc(/C(=C(/C)CC(=O)O)c2ccccc2)cc1. The van der Waals surface area contributed by atoms with E-state index in [2.05, 4.69) is 24.3 Å². The Morgan fingerprint density at radius 3 is 2.10 bits per heavy atom. The zero-order valence-corrected chi connectivity index (χ0v) is 13.0. The minimum atomic E-state index is -0.804. The number of hydrogen-bond donors (Lipinski definition) is 1. The molecule has 0 aliphatic rings. The van der Waals surface area contributed by atoms with E-state index in [1.54, 1.807) is 11.8 Å². The van der Waals surface area contributed by atoms with Gasteiger partial charge in [-0.05, 0) is 42.0 Å².